The maximum Gasteiger partial charge on any atom is 0.267 e. The van der Waals surface area contributed by atoms with Crippen LogP contribution >= 0.6 is 11.8 Å². The molecule has 2 aromatic rings. The summed E-state index contributed by atoms with van der Waals surface area (Å²) in [6, 6.07) is 1.73. The van der Waals surface area contributed by atoms with Crippen LogP contribution < -0.4 is 10.5 Å². The van der Waals surface area contributed by atoms with Crippen molar-refractivity contribution in [3.63, 3.8) is 0 Å². The van der Waals surface area contributed by atoms with Crippen molar-refractivity contribution >= 4 is 17.6 Å². The Morgan fingerprint density at radius 1 is 1.42 bits per heavy atom. The van der Waals surface area contributed by atoms with E-state index in [1.54, 1.807) is 6.07 Å². The predicted molar refractivity (Wildman–Crippen MR) is 90.7 cm³/mol. The van der Waals surface area contributed by atoms with Crippen molar-refractivity contribution in [2.45, 2.75) is 37.6 Å². The van der Waals surface area contributed by atoms with Gasteiger partial charge >= 0.3 is 0 Å². The molecule has 1 saturated heterocycles. The van der Waals surface area contributed by atoms with E-state index in [4.69, 9.17) is 0 Å². The Morgan fingerprint density at radius 3 is 3.21 bits per heavy atom. The molecular formula is C16H18FN5OS. The fourth-order valence-corrected chi connectivity index (χ4v) is 4.36. The van der Waals surface area contributed by atoms with Gasteiger partial charge in [0.15, 0.2) is 11.6 Å². The number of hydrogen-bond acceptors (Lipinski definition) is 6. The minimum absolute atomic E-state index is 0.0237. The second-order valence-corrected chi connectivity index (χ2v) is 7.23. The first-order valence-corrected chi connectivity index (χ1v) is 9.27. The molecule has 0 spiro atoms. The van der Waals surface area contributed by atoms with Crippen LogP contribution in [0, 0.1) is 5.82 Å². The van der Waals surface area contributed by atoms with Gasteiger partial charge in [-0.3, -0.25) is 4.79 Å². The van der Waals surface area contributed by atoms with Crippen molar-refractivity contribution in [1.82, 2.24) is 19.7 Å². The smallest absolute Gasteiger partial charge is 0.267 e. The summed E-state index contributed by atoms with van der Waals surface area (Å²) in [5.74, 6) is 1.79. The van der Waals surface area contributed by atoms with E-state index < -0.39 is 5.82 Å². The fraction of sp³-hybridized carbons (Fsp3) is 0.500. The number of aromatic nitrogens is 4. The second-order valence-electron chi connectivity index (χ2n) is 6.12. The Bertz CT molecular complexity index is 811. The van der Waals surface area contributed by atoms with Crippen molar-refractivity contribution in [2.24, 2.45) is 0 Å². The van der Waals surface area contributed by atoms with Crippen molar-refractivity contribution in [3.8, 4) is 0 Å². The number of hydrogen-bond donors (Lipinski definition) is 0. The molecule has 6 nitrogen and oxygen atoms in total. The molecule has 24 heavy (non-hydrogen) atoms. The lowest BCUT2D eigenvalue weighted by Crippen LogP contribution is -2.38. The molecule has 0 aliphatic carbocycles. The normalized spacial score (nSPS) is 20.2. The summed E-state index contributed by atoms with van der Waals surface area (Å²) in [5, 5.41) is 4.56. The zero-order chi connectivity index (χ0) is 16.5. The van der Waals surface area contributed by atoms with Crippen LogP contribution in [0.1, 0.15) is 24.1 Å². The highest BCUT2D eigenvalue weighted by Crippen LogP contribution is 2.26. The Morgan fingerprint density at radius 2 is 2.33 bits per heavy atom. The van der Waals surface area contributed by atoms with Crippen LogP contribution in [0.4, 0.5) is 10.2 Å². The van der Waals surface area contributed by atoms with Gasteiger partial charge in [-0.2, -0.15) is 16.9 Å². The van der Waals surface area contributed by atoms with Crippen LogP contribution in [-0.2, 0) is 18.7 Å². The van der Waals surface area contributed by atoms with Crippen LogP contribution in [0.5, 0.6) is 0 Å². The number of aryl methyl sites for hydroxylation is 1. The van der Waals surface area contributed by atoms with Crippen LogP contribution in [0.25, 0.3) is 0 Å². The van der Waals surface area contributed by atoms with E-state index >= 15 is 0 Å². The molecule has 0 saturated carbocycles. The van der Waals surface area contributed by atoms with Crippen LogP contribution in [0.15, 0.2) is 23.4 Å². The van der Waals surface area contributed by atoms with E-state index in [1.807, 2.05) is 16.7 Å². The van der Waals surface area contributed by atoms with E-state index in [1.165, 1.54) is 17.2 Å². The molecule has 2 aliphatic rings. The minimum atomic E-state index is -0.424. The molecule has 0 aromatic carbocycles. The van der Waals surface area contributed by atoms with Crippen LogP contribution in [0.2, 0.25) is 0 Å². The zero-order valence-electron chi connectivity index (χ0n) is 13.2. The molecule has 4 rings (SSSR count). The summed E-state index contributed by atoms with van der Waals surface area (Å²) in [6.07, 6.45) is 5.28. The third-order valence-corrected chi connectivity index (χ3v) is 5.59. The topological polar surface area (TPSA) is 63.9 Å². The summed E-state index contributed by atoms with van der Waals surface area (Å²) < 4.78 is 15.5. The molecule has 1 unspecified atom stereocenters. The van der Waals surface area contributed by atoms with Gasteiger partial charge < -0.3 is 4.90 Å². The van der Waals surface area contributed by atoms with E-state index in [0.29, 0.717) is 12.4 Å². The lowest BCUT2D eigenvalue weighted by atomic mass is 10.2. The molecule has 2 aromatic heterocycles. The number of anilines is 1. The van der Waals surface area contributed by atoms with E-state index in [9.17, 15) is 9.18 Å². The standard InChI is InChI=1S/C16H18FN5OS/c17-13-7-18-10-19-16(13)21-4-1-2-12(21)8-22-15(23)6-11-9-24-5-3-14(11)20-22/h6-7,10,12H,1-5,8-9H2. The molecule has 126 valence electrons. The van der Waals surface area contributed by atoms with Crippen molar-refractivity contribution in [3.05, 3.63) is 46.0 Å². The fourth-order valence-electron chi connectivity index (χ4n) is 3.40. The van der Waals surface area contributed by atoms with E-state index in [0.717, 1.165) is 48.6 Å². The first kappa shape index (κ1) is 15.6. The first-order chi connectivity index (χ1) is 11.7. The summed E-state index contributed by atoms with van der Waals surface area (Å²) in [6.45, 7) is 1.19. The highest BCUT2D eigenvalue weighted by atomic mass is 32.2. The number of nitrogens with zero attached hydrogens (tertiary/aromatic N) is 5. The lowest BCUT2D eigenvalue weighted by molar-refractivity contribution is 0.474. The van der Waals surface area contributed by atoms with E-state index in [2.05, 4.69) is 15.1 Å². The van der Waals surface area contributed by atoms with Gasteiger partial charge in [-0.25, -0.2) is 19.0 Å². The number of fused-ring (bicyclic) bond motifs is 1. The molecule has 0 bridgehead atoms. The average molecular weight is 347 g/mol. The van der Waals surface area contributed by atoms with E-state index in [-0.39, 0.29) is 11.6 Å². The summed E-state index contributed by atoms with van der Waals surface area (Å²) in [7, 11) is 0. The van der Waals surface area contributed by atoms with Gasteiger partial charge in [0.25, 0.3) is 5.56 Å². The summed E-state index contributed by atoms with van der Waals surface area (Å²) in [4.78, 5) is 22.1. The predicted octanol–water partition coefficient (Wildman–Crippen LogP) is 1.63. The first-order valence-electron chi connectivity index (χ1n) is 8.12. The zero-order valence-corrected chi connectivity index (χ0v) is 14.0. The molecular weight excluding hydrogens is 329 g/mol. The Labute approximate surface area is 143 Å². The van der Waals surface area contributed by atoms with Crippen molar-refractivity contribution in [1.29, 1.82) is 0 Å². The number of rotatable bonds is 3. The third kappa shape index (κ3) is 2.90. The second kappa shape index (κ2) is 6.51. The molecule has 0 amide bonds. The molecule has 1 atom stereocenters. The number of thioether (sulfide) groups is 1. The largest absolute Gasteiger partial charge is 0.349 e. The monoisotopic (exact) mass is 347 g/mol. The van der Waals surface area contributed by atoms with Crippen molar-refractivity contribution < 1.29 is 4.39 Å². The Balaban J connectivity index is 1.61. The molecule has 0 N–H and O–H groups in total. The Kier molecular flexibility index (Phi) is 4.22. The Hall–Kier alpha value is -1.96. The van der Waals surface area contributed by atoms with Gasteiger partial charge in [-0.05, 0) is 24.2 Å². The molecule has 0 radical (unpaired) electrons. The lowest BCUT2D eigenvalue weighted by Gasteiger charge is -2.26. The SMILES string of the molecule is O=c1cc2c(nn1CC1CCCN1c1ncncc1F)CCSC2. The highest BCUT2D eigenvalue weighted by molar-refractivity contribution is 7.98. The quantitative estimate of drug-likeness (QED) is 0.841. The van der Waals surface area contributed by atoms with Gasteiger partial charge in [0.05, 0.1) is 24.5 Å². The molecule has 2 aliphatic heterocycles. The minimum Gasteiger partial charge on any atom is -0.349 e. The maximum atomic E-state index is 14.0. The van der Waals surface area contributed by atoms with Gasteiger partial charge in [0, 0.05) is 24.8 Å². The molecule has 4 heterocycles. The van der Waals surface area contributed by atoms with Gasteiger partial charge in [0.1, 0.15) is 6.33 Å². The van der Waals surface area contributed by atoms with Crippen molar-refractivity contribution in [2.75, 3.05) is 17.2 Å². The van der Waals surface area contributed by atoms with Crippen LogP contribution in [0.3, 0.4) is 0 Å². The molecule has 8 heteroatoms. The van der Waals surface area contributed by atoms with Gasteiger partial charge in [0.2, 0.25) is 0 Å². The third-order valence-electron chi connectivity index (χ3n) is 4.59. The van der Waals surface area contributed by atoms with Crippen LogP contribution in [-0.4, -0.2) is 38.1 Å². The molecule has 1 fully saturated rings. The number of halogens is 1. The summed E-state index contributed by atoms with van der Waals surface area (Å²) >= 11 is 1.83. The summed E-state index contributed by atoms with van der Waals surface area (Å²) in [5.41, 5.74) is 2.00. The van der Waals surface area contributed by atoms with Gasteiger partial charge in [-0.15, -0.1) is 0 Å². The highest BCUT2D eigenvalue weighted by Gasteiger charge is 2.29. The average Bonchev–Trinajstić information content (AvgIpc) is 3.04. The maximum absolute atomic E-state index is 14.0. The van der Waals surface area contributed by atoms with Gasteiger partial charge in [-0.1, -0.05) is 0 Å².